The highest BCUT2D eigenvalue weighted by molar-refractivity contribution is 7.10. The maximum atomic E-state index is 5.95. The van der Waals surface area contributed by atoms with Crippen molar-refractivity contribution in [3.8, 4) is 0 Å². The lowest BCUT2D eigenvalue weighted by atomic mass is 10.1. The van der Waals surface area contributed by atoms with Crippen molar-refractivity contribution in [3.63, 3.8) is 0 Å². The molecule has 0 saturated heterocycles. The summed E-state index contributed by atoms with van der Waals surface area (Å²) in [4.78, 5) is 3.66. The standard InChI is InChI=1S/C13H24N2O2S/c1-11(10-17-3)15(6-7-16-2)12(9-14)13-5-4-8-18-13/h4-5,8,11-12H,6-7,9-10,14H2,1-3H3. The highest BCUT2D eigenvalue weighted by Gasteiger charge is 2.24. The highest BCUT2D eigenvalue weighted by Crippen LogP contribution is 2.25. The number of hydrogen-bond donors (Lipinski definition) is 1. The number of nitrogens with zero attached hydrogens (tertiary/aromatic N) is 1. The Morgan fingerprint density at radius 2 is 2.17 bits per heavy atom. The number of hydrogen-bond acceptors (Lipinski definition) is 5. The largest absolute Gasteiger partial charge is 0.383 e. The van der Waals surface area contributed by atoms with E-state index in [-0.39, 0.29) is 6.04 Å². The zero-order valence-corrected chi connectivity index (χ0v) is 12.3. The number of ether oxygens (including phenoxy) is 2. The SMILES string of the molecule is COCCN(C(C)COC)C(CN)c1cccs1. The van der Waals surface area contributed by atoms with Crippen LogP contribution in [0.3, 0.4) is 0 Å². The van der Waals surface area contributed by atoms with Gasteiger partial charge in [0.05, 0.1) is 19.3 Å². The van der Waals surface area contributed by atoms with Gasteiger partial charge in [-0.15, -0.1) is 11.3 Å². The second kappa shape index (κ2) is 8.61. The Morgan fingerprint density at radius 3 is 2.67 bits per heavy atom. The van der Waals surface area contributed by atoms with E-state index in [1.165, 1.54) is 4.88 Å². The van der Waals surface area contributed by atoms with Gasteiger partial charge in [-0.25, -0.2) is 0 Å². The highest BCUT2D eigenvalue weighted by atomic mass is 32.1. The molecule has 0 bridgehead atoms. The van der Waals surface area contributed by atoms with E-state index in [0.717, 1.165) is 6.54 Å². The molecule has 18 heavy (non-hydrogen) atoms. The van der Waals surface area contributed by atoms with Crippen LogP contribution >= 0.6 is 11.3 Å². The van der Waals surface area contributed by atoms with Crippen molar-refractivity contribution in [3.05, 3.63) is 22.4 Å². The normalized spacial score (nSPS) is 14.9. The van der Waals surface area contributed by atoms with Crippen LogP contribution < -0.4 is 5.73 Å². The molecule has 0 aliphatic carbocycles. The monoisotopic (exact) mass is 272 g/mol. The van der Waals surface area contributed by atoms with Crippen LogP contribution in [-0.2, 0) is 9.47 Å². The molecule has 2 unspecified atom stereocenters. The van der Waals surface area contributed by atoms with Crippen LogP contribution in [0.15, 0.2) is 17.5 Å². The van der Waals surface area contributed by atoms with Crippen LogP contribution in [0.5, 0.6) is 0 Å². The summed E-state index contributed by atoms with van der Waals surface area (Å²) >= 11 is 1.75. The topological polar surface area (TPSA) is 47.7 Å². The van der Waals surface area contributed by atoms with Gasteiger partial charge in [-0.3, -0.25) is 4.90 Å². The van der Waals surface area contributed by atoms with E-state index >= 15 is 0 Å². The summed E-state index contributed by atoms with van der Waals surface area (Å²) < 4.78 is 10.4. The second-order valence-electron chi connectivity index (χ2n) is 4.30. The van der Waals surface area contributed by atoms with Crippen molar-refractivity contribution in [2.45, 2.75) is 19.0 Å². The molecule has 0 saturated carbocycles. The van der Waals surface area contributed by atoms with Gasteiger partial charge in [0.25, 0.3) is 0 Å². The Hall–Kier alpha value is -0.460. The van der Waals surface area contributed by atoms with Crippen molar-refractivity contribution < 1.29 is 9.47 Å². The van der Waals surface area contributed by atoms with E-state index in [2.05, 4.69) is 29.3 Å². The van der Waals surface area contributed by atoms with Crippen LogP contribution in [-0.4, -0.2) is 51.5 Å². The molecule has 0 aliphatic rings. The van der Waals surface area contributed by atoms with Crippen molar-refractivity contribution in [2.75, 3.05) is 40.5 Å². The first kappa shape index (κ1) is 15.6. The third-order valence-electron chi connectivity index (χ3n) is 3.02. The van der Waals surface area contributed by atoms with Crippen molar-refractivity contribution >= 4 is 11.3 Å². The smallest absolute Gasteiger partial charge is 0.0615 e. The summed E-state index contributed by atoms with van der Waals surface area (Å²) in [5.41, 5.74) is 5.95. The number of rotatable bonds is 9. The van der Waals surface area contributed by atoms with Crippen molar-refractivity contribution in [1.29, 1.82) is 0 Å². The summed E-state index contributed by atoms with van der Waals surface area (Å²) in [5.74, 6) is 0. The van der Waals surface area contributed by atoms with Gasteiger partial charge in [0.1, 0.15) is 0 Å². The fraction of sp³-hybridized carbons (Fsp3) is 0.692. The van der Waals surface area contributed by atoms with Gasteiger partial charge < -0.3 is 15.2 Å². The lowest BCUT2D eigenvalue weighted by molar-refractivity contribution is 0.0496. The minimum Gasteiger partial charge on any atom is -0.383 e. The Kier molecular flexibility index (Phi) is 7.46. The van der Waals surface area contributed by atoms with Gasteiger partial charge in [-0.05, 0) is 18.4 Å². The Balaban J connectivity index is 2.78. The van der Waals surface area contributed by atoms with Gasteiger partial charge in [-0.1, -0.05) is 6.07 Å². The zero-order valence-electron chi connectivity index (χ0n) is 11.5. The lowest BCUT2D eigenvalue weighted by Gasteiger charge is -2.35. The summed E-state index contributed by atoms with van der Waals surface area (Å²) in [5, 5.41) is 2.09. The van der Waals surface area contributed by atoms with E-state index in [0.29, 0.717) is 25.8 Å². The molecule has 0 radical (unpaired) electrons. The zero-order chi connectivity index (χ0) is 13.4. The first-order chi connectivity index (χ1) is 8.74. The Morgan fingerprint density at radius 1 is 1.39 bits per heavy atom. The molecule has 104 valence electrons. The number of thiophene rings is 1. The minimum atomic E-state index is 0.241. The van der Waals surface area contributed by atoms with Gasteiger partial charge >= 0.3 is 0 Å². The summed E-state index contributed by atoms with van der Waals surface area (Å²) in [7, 11) is 3.45. The number of nitrogens with two attached hydrogens (primary N) is 1. The van der Waals surface area contributed by atoms with Crippen molar-refractivity contribution in [2.24, 2.45) is 5.73 Å². The number of methoxy groups -OCH3 is 2. The summed E-state index contributed by atoms with van der Waals surface area (Å²) in [6.45, 7) is 5.04. The van der Waals surface area contributed by atoms with Crippen molar-refractivity contribution in [1.82, 2.24) is 4.90 Å². The van der Waals surface area contributed by atoms with Crippen LogP contribution in [0, 0.1) is 0 Å². The van der Waals surface area contributed by atoms with Crippen LogP contribution in [0.4, 0.5) is 0 Å². The maximum Gasteiger partial charge on any atom is 0.0615 e. The molecule has 0 spiro atoms. The molecule has 5 heteroatoms. The van der Waals surface area contributed by atoms with E-state index < -0.39 is 0 Å². The van der Waals surface area contributed by atoms with Gasteiger partial charge in [0, 0.05) is 38.2 Å². The molecule has 2 atom stereocenters. The molecule has 0 fully saturated rings. The van der Waals surface area contributed by atoms with Crippen LogP contribution in [0.25, 0.3) is 0 Å². The van der Waals surface area contributed by atoms with Crippen LogP contribution in [0.2, 0.25) is 0 Å². The Bertz CT molecular complexity index is 306. The first-order valence-electron chi connectivity index (χ1n) is 6.21. The van der Waals surface area contributed by atoms with Gasteiger partial charge in [0.2, 0.25) is 0 Å². The van der Waals surface area contributed by atoms with Crippen LogP contribution in [0.1, 0.15) is 17.8 Å². The van der Waals surface area contributed by atoms with Gasteiger partial charge in [0.15, 0.2) is 0 Å². The van der Waals surface area contributed by atoms with E-state index in [1.54, 1.807) is 25.6 Å². The molecule has 1 rings (SSSR count). The quantitative estimate of drug-likeness (QED) is 0.744. The molecule has 4 nitrogen and oxygen atoms in total. The predicted molar refractivity (Wildman–Crippen MR) is 76.0 cm³/mol. The molecule has 1 heterocycles. The maximum absolute atomic E-state index is 5.95. The van der Waals surface area contributed by atoms with E-state index in [9.17, 15) is 0 Å². The third-order valence-corrected chi connectivity index (χ3v) is 4.00. The molecule has 2 N–H and O–H groups in total. The molecular weight excluding hydrogens is 248 g/mol. The van der Waals surface area contributed by atoms with Gasteiger partial charge in [-0.2, -0.15) is 0 Å². The average Bonchev–Trinajstić information content (AvgIpc) is 2.88. The molecule has 0 amide bonds. The second-order valence-corrected chi connectivity index (χ2v) is 5.28. The fourth-order valence-corrected chi connectivity index (χ4v) is 2.97. The lowest BCUT2D eigenvalue weighted by Crippen LogP contribution is -2.43. The summed E-state index contributed by atoms with van der Waals surface area (Å²) in [6, 6.07) is 4.77. The first-order valence-corrected chi connectivity index (χ1v) is 7.09. The summed E-state index contributed by atoms with van der Waals surface area (Å²) in [6.07, 6.45) is 0. The minimum absolute atomic E-state index is 0.241. The third kappa shape index (κ3) is 4.33. The van der Waals surface area contributed by atoms with E-state index in [1.807, 2.05) is 0 Å². The molecule has 0 aromatic carbocycles. The average molecular weight is 272 g/mol. The predicted octanol–water partition coefficient (Wildman–Crippen LogP) is 1.73. The molecule has 1 aromatic heterocycles. The molecule has 1 aromatic rings. The van der Waals surface area contributed by atoms with E-state index in [4.69, 9.17) is 15.2 Å². The molecule has 0 aliphatic heterocycles. The Labute approximate surface area is 114 Å². The molecular formula is C13H24N2O2S. The fourth-order valence-electron chi connectivity index (χ4n) is 2.11.